The smallest absolute Gasteiger partial charge is 0.251 e. The molecule has 0 aliphatic heterocycles. The summed E-state index contributed by atoms with van der Waals surface area (Å²) >= 11 is 0. The molecule has 2 aromatic rings. The van der Waals surface area contributed by atoms with Gasteiger partial charge in [0.15, 0.2) is 0 Å². The standard InChI is InChI=1S/C18H22N2O3S/c1-4-17(16-11-6-5-8-13(16)2)20-18(21)14-9-7-10-15(12-14)24(22,23)19-3/h5-12,17,19H,4H2,1-3H3,(H,20,21)/t17-/m1/s1. The molecule has 2 aromatic carbocycles. The Labute approximate surface area is 143 Å². The molecule has 0 bridgehead atoms. The maximum absolute atomic E-state index is 12.5. The van der Waals surface area contributed by atoms with Gasteiger partial charge in [0.2, 0.25) is 10.0 Å². The molecule has 2 rings (SSSR count). The summed E-state index contributed by atoms with van der Waals surface area (Å²) in [4.78, 5) is 12.6. The molecule has 6 heteroatoms. The molecule has 24 heavy (non-hydrogen) atoms. The lowest BCUT2D eigenvalue weighted by Gasteiger charge is -2.19. The minimum absolute atomic E-state index is 0.0709. The summed E-state index contributed by atoms with van der Waals surface area (Å²) in [5, 5.41) is 2.98. The Hall–Kier alpha value is -2.18. The van der Waals surface area contributed by atoms with E-state index in [2.05, 4.69) is 10.0 Å². The third kappa shape index (κ3) is 4.01. The van der Waals surface area contributed by atoms with E-state index in [0.29, 0.717) is 5.56 Å². The number of carbonyl (C=O) groups excluding carboxylic acids is 1. The van der Waals surface area contributed by atoms with E-state index in [0.717, 1.165) is 17.5 Å². The Morgan fingerprint density at radius 3 is 2.46 bits per heavy atom. The minimum Gasteiger partial charge on any atom is -0.345 e. The number of nitrogens with one attached hydrogen (secondary N) is 2. The largest absolute Gasteiger partial charge is 0.345 e. The molecule has 1 amide bonds. The molecular weight excluding hydrogens is 324 g/mol. The summed E-state index contributed by atoms with van der Waals surface area (Å²) in [6.07, 6.45) is 0.741. The van der Waals surface area contributed by atoms with E-state index >= 15 is 0 Å². The predicted molar refractivity (Wildman–Crippen MR) is 94.4 cm³/mol. The summed E-state index contributed by atoms with van der Waals surface area (Å²) in [5.41, 5.74) is 2.49. The highest BCUT2D eigenvalue weighted by atomic mass is 32.2. The second kappa shape index (κ2) is 7.59. The molecule has 2 N–H and O–H groups in total. The number of benzene rings is 2. The number of hydrogen-bond acceptors (Lipinski definition) is 3. The predicted octanol–water partition coefficient (Wildman–Crippen LogP) is 2.78. The van der Waals surface area contributed by atoms with E-state index in [9.17, 15) is 13.2 Å². The number of carbonyl (C=O) groups is 1. The number of hydrogen-bond donors (Lipinski definition) is 2. The Balaban J connectivity index is 2.26. The van der Waals surface area contributed by atoms with Crippen molar-refractivity contribution in [3.8, 4) is 0 Å². The fourth-order valence-electron chi connectivity index (χ4n) is 2.54. The van der Waals surface area contributed by atoms with Crippen molar-refractivity contribution < 1.29 is 13.2 Å². The zero-order valence-corrected chi connectivity index (χ0v) is 14.9. The Morgan fingerprint density at radius 2 is 1.83 bits per heavy atom. The van der Waals surface area contributed by atoms with Crippen molar-refractivity contribution in [3.63, 3.8) is 0 Å². The fourth-order valence-corrected chi connectivity index (χ4v) is 3.32. The van der Waals surface area contributed by atoms with Gasteiger partial charge in [-0.3, -0.25) is 4.79 Å². The summed E-state index contributed by atoms with van der Waals surface area (Å²) in [7, 11) is -2.24. The normalized spacial score (nSPS) is 12.6. The number of rotatable bonds is 6. The molecule has 0 fully saturated rings. The maximum atomic E-state index is 12.5. The summed E-state index contributed by atoms with van der Waals surface area (Å²) in [6, 6.07) is 13.8. The van der Waals surface area contributed by atoms with Crippen molar-refractivity contribution in [1.82, 2.24) is 10.0 Å². The summed E-state index contributed by atoms with van der Waals surface area (Å²) < 4.78 is 26.0. The van der Waals surface area contributed by atoms with Crippen LogP contribution in [0.4, 0.5) is 0 Å². The molecule has 0 aliphatic carbocycles. The van der Waals surface area contributed by atoms with Gasteiger partial charge in [0.05, 0.1) is 10.9 Å². The highest BCUT2D eigenvalue weighted by molar-refractivity contribution is 7.89. The topological polar surface area (TPSA) is 75.3 Å². The molecule has 128 valence electrons. The summed E-state index contributed by atoms with van der Waals surface area (Å²) in [6.45, 7) is 4.00. The molecule has 0 heterocycles. The van der Waals surface area contributed by atoms with Gasteiger partial charge in [-0.25, -0.2) is 13.1 Å². The first-order valence-corrected chi connectivity index (χ1v) is 9.27. The van der Waals surface area contributed by atoms with Crippen LogP contribution in [0.1, 0.15) is 40.9 Å². The number of amides is 1. The van der Waals surface area contributed by atoms with Gasteiger partial charge in [-0.1, -0.05) is 37.3 Å². The van der Waals surface area contributed by atoms with Crippen LogP contribution in [0.5, 0.6) is 0 Å². The monoisotopic (exact) mass is 346 g/mol. The van der Waals surface area contributed by atoms with Crippen LogP contribution in [0.3, 0.4) is 0 Å². The molecule has 0 saturated heterocycles. The van der Waals surface area contributed by atoms with Crippen LogP contribution in [0.15, 0.2) is 53.4 Å². The van der Waals surface area contributed by atoms with Crippen molar-refractivity contribution in [2.45, 2.75) is 31.2 Å². The van der Waals surface area contributed by atoms with Gasteiger partial charge >= 0.3 is 0 Å². The maximum Gasteiger partial charge on any atom is 0.251 e. The zero-order valence-electron chi connectivity index (χ0n) is 14.0. The lowest BCUT2D eigenvalue weighted by atomic mass is 9.99. The van der Waals surface area contributed by atoms with Gasteiger partial charge in [-0.05, 0) is 49.7 Å². The van der Waals surface area contributed by atoms with E-state index in [1.54, 1.807) is 12.1 Å². The molecule has 1 atom stereocenters. The van der Waals surface area contributed by atoms with Crippen LogP contribution in [0, 0.1) is 6.92 Å². The average molecular weight is 346 g/mol. The van der Waals surface area contributed by atoms with Crippen molar-refractivity contribution >= 4 is 15.9 Å². The van der Waals surface area contributed by atoms with Crippen LogP contribution >= 0.6 is 0 Å². The summed E-state index contributed by atoms with van der Waals surface area (Å²) in [5.74, 6) is -0.293. The first kappa shape index (κ1) is 18.2. The number of sulfonamides is 1. The molecule has 0 saturated carbocycles. The van der Waals surface area contributed by atoms with Gasteiger partial charge in [-0.2, -0.15) is 0 Å². The zero-order chi connectivity index (χ0) is 17.7. The third-order valence-electron chi connectivity index (χ3n) is 3.95. The molecule has 0 spiro atoms. The van der Waals surface area contributed by atoms with E-state index in [4.69, 9.17) is 0 Å². The van der Waals surface area contributed by atoms with Crippen molar-refractivity contribution in [3.05, 3.63) is 65.2 Å². The van der Waals surface area contributed by atoms with Gasteiger partial charge in [-0.15, -0.1) is 0 Å². The molecule has 0 aromatic heterocycles. The van der Waals surface area contributed by atoms with Crippen LogP contribution in [-0.2, 0) is 10.0 Å². The van der Waals surface area contributed by atoms with Crippen molar-refractivity contribution in [2.24, 2.45) is 0 Å². The Bertz CT molecular complexity index is 832. The van der Waals surface area contributed by atoms with Crippen LogP contribution < -0.4 is 10.0 Å². The Morgan fingerprint density at radius 1 is 1.12 bits per heavy atom. The van der Waals surface area contributed by atoms with Gasteiger partial charge < -0.3 is 5.32 Å². The van der Waals surface area contributed by atoms with E-state index in [1.165, 1.54) is 19.2 Å². The first-order valence-electron chi connectivity index (χ1n) is 7.79. The van der Waals surface area contributed by atoms with Crippen LogP contribution in [-0.4, -0.2) is 21.4 Å². The lowest BCUT2D eigenvalue weighted by Crippen LogP contribution is -2.29. The van der Waals surface area contributed by atoms with Crippen LogP contribution in [0.2, 0.25) is 0 Å². The average Bonchev–Trinajstić information content (AvgIpc) is 2.60. The van der Waals surface area contributed by atoms with E-state index < -0.39 is 10.0 Å². The van der Waals surface area contributed by atoms with E-state index in [1.807, 2.05) is 38.1 Å². The highest BCUT2D eigenvalue weighted by Gasteiger charge is 2.18. The fraction of sp³-hybridized carbons (Fsp3) is 0.278. The SMILES string of the molecule is CC[C@@H](NC(=O)c1cccc(S(=O)(=O)NC)c1)c1ccccc1C. The van der Waals surface area contributed by atoms with Gasteiger partial charge in [0, 0.05) is 5.56 Å². The number of aryl methyl sites for hydroxylation is 1. The van der Waals surface area contributed by atoms with E-state index in [-0.39, 0.29) is 16.8 Å². The highest BCUT2D eigenvalue weighted by Crippen LogP contribution is 2.21. The second-order valence-corrected chi connectivity index (χ2v) is 7.41. The quantitative estimate of drug-likeness (QED) is 0.844. The first-order chi connectivity index (χ1) is 11.4. The molecule has 0 aliphatic rings. The molecule has 0 unspecified atom stereocenters. The molecular formula is C18H22N2O3S. The van der Waals surface area contributed by atoms with Gasteiger partial charge in [0.25, 0.3) is 5.91 Å². The lowest BCUT2D eigenvalue weighted by molar-refractivity contribution is 0.0935. The van der Waals surface area contributed by atoms with Crippen molar-refractivity contribution in [2.75, 3.05) is 7.05 Å². The third-order valence-corrected chi connectivity index (χ3v) is 5.36. The van der Waals surface area contributed by atoms with Crippen LogP contribution in [0.25, 0.3) is 0 Å². The Kier molecular flexibility index (Phi) is 5.75. The molecule has 5 nitrogen and oxygen atoms in total. The second-order valence-electron chi connectivity index (χ2n) is 5.53. The van der Waals surface area contributed by atoms with Gasteiger partial charge in [0.1, 0.15) is 0 Å². The molecule has 0 radical (unpaired) electrons. The minimum atomic E-state index is -3.58. The van der Waals surface area contributed by atoms with Crippen molar-refractivity contribution in [1.29, 1.82) is 0 Å².